The van der Waals surface area contributed by atoms with Crippen LogP contribution in [0.5, 0.6) is 0 Å². The van der Waals surface area contributed by atoms with Crippen LogP contribution in [0.4, 0.5) is 5.69 Å². The van der Waals surface area contributed by atoms with Crippen molar-refractivity contribution in [1.82, 2.24) is 4.98 Å². The molecule has 0 aliphatic heterocycles. The third-order valence-corrected chi connectivity index (χ3v) is 3.72. The van der Waals surface area contributed by atoms with Crippen molar-refractivity contribution in [1.29, 1.82) is 0 Å². The number of aromatic nitrogens is 1. The normalized spacial score (nSPS) is 10.5. The summed E-state index contributed by atoms with van der Waals surface area (Å²) >= 11 is 13.3. The summed E-state index contributed by atoms with van der Waals surface area (Å²) in [6.45, 7) is 0. The van der Waals surface area contributed by atoms with Gasteiger partial charge in [0.05, 0.1) is 5.69 Å². The molecule has 0 amide bonds. The first-order valence-electron chi connectivity index (χ1n) is 4.93. The van der Waals surface area contributed by atoms with E-state index in [-0.39, 0.29) is 0 Å². The maximum atomic E-state index is 5.89. The van der Waals surface area contributed by atoms with Crippen molar-refractivity contribution in [3.05, 3.63) is 52.3 Å². The van der Waals surface area contributed by atoms with E-state index in [0.717, 1.165) is 16.3 Å². The third-order valence-electron chi connectivity index (χ3n) is 2.13. The van der Waals surface area contributed by atoms with Crippen LogP contribution in [-0.2, 0) is 5.75 Å². The van der Waals surface area contributed by atoms with Crippen molar-refractivity contribution in [3.63, 3.8) is 0 Å². The molecule has 1 aromatic carbocycles. The molecule has 0 unspecified atom stereocenters. The van der Waals surface area contributed by atoms with Gasteiger partial charge in [-0.05, 0) is 30.3 Å². The number of thioether (sulfide) groups is 1. The van der Waals surface area contributed by atoms with Gasteiger partial charge in [-0.15, -0.1) is 11.8 Å². The SMILES string of the molecule is Nc1cc(Cl)ccc1SCc1cc(Cl)ccn1. The van der Waals surface area contributed by atoms with Gasteiger partial charge < -0.3 is 5.73 Å². The summed E-state index contributed by atoms with van der Waals surface area (Å²) in [5.41, 5.74) is 7.48. The molecule has 2 N–H and O–H groups in total. The summed E-state index contributed by atoms with van der Waals surface area (Å²) in [6, 6.07) is 9.08. The van der Waals surface area contributed by atoms with Crippen molar-refractivity contribution in [2.75, 3.05) is 5.73 Å². The van der Waals surface area contributed by atoms with Gasteiger partial charge in [0, 0.05) is 32.6 Å². The second-order valence-electron chi connectivity index (χ2n) is 3.44. The second-order valence-corrected chi connectivity index (χ2v) is 5.33. The zero-order chi connectivity index (χ0) is 12.3. The molecule has 1 heterocycles. The van der Waals surface area contributed by atoms with Crippen molar-refractivity contribution in [3.8, 4) is 0 Å². The Bertz CT molecular complexity index is 532. The highest BCUT2D eigenvalue weighted by atomic mass is 35.5. The lowest BCUT2D eigenvalue weighted by Crippen LogP contribution is -1.90. The Hall–Kier alpha value is -0.900. The number of nitrogens with zero attached hydrogens (tertiary/aromatic N) is 1. The standard InChI is InChI=1S/C12H10Cl2N2S/c13-8-1-2-12(11(15)6-8)17-7-10-5-9(14)3-4-16-10/h1-6H,7,15H2. The first kappa shape index (κ1) is 12.6. The molecule has 2 rings (SSSR count). The summed E-state index contributed by atoms with van der Waals surface area (Å²) < 4.78 is 0. The average molecular weight is 285 g/mol. The van der Waals surface area contributed by atoms with Crippen LogP contribution in [0.1, 0.15) is 5.69 Å². The minimum atomic E-state index is 0.646. The van der Waals surface area contributed by atoms with Gasteiger partial charge in [0.15, 0.2) is 0 Å². The minimum Gasteiger partial charge on any atom is -0.398 e. The molecule has 88 valence electrons. The summed E-state index contributed by atoms with van der Waals surface area (Å²) in [6.07, 6.45) is 1.70. The monoisotopic (exact) mass is 284 g/mol. The lowest BCUT2D eigenvalue weighted by atomic mass is 10.3. The molecular weight excluding hydrogens is 275 g/mol. The van der Waals surface area contributed by atoms with Gasteiger partial charge in [0.25, 0.3) is 0 Å². The Labute approximate surface area is 114 Å². The van der Waals surface area contributed by atoms with E-state index in [1.54, 1.807) is 30.1 Å². The van der Waals surface area contributed by atoms with E-state index in [1.807, 2.05) is 18.2 Å². The molecule has 0 fully saturated rings. The van der Waals surface area contributed by atoms with Crippen LogP contribution in [0.15, 0.2) is 41.4 Å². The minimum absolute atomic E-state index is 0.646. The molecular formula is C12H10Cl2N2S. The lowest BCUT2D eigenvalue weighted by molar-refractivity contribution is 1.17. The maximum Gasteiger partial charge on any atom is 0.0521 e. The number of anilines is 1. The van der Waals surface area contributed by atoms with Crippen molar-refractivity contribution >= 4 is 40.7 Å². The molecule has 2 aromatic rings. The van der Waals surface area contributed by atoms with Crippen molar-refractivity contribution in [2.24, 2.45) is 0 Å². The van der Waals surface area contributed by atoms with Gasteiger partial charge in [0.2, 0.25) is 0 Å². The van der Waals surface area contributed by atoms with E-state index in [9.17, 15) is 0 Å². The molecule has 0 aliphatic rings. The van der Waals surface area contributed by atoms with Gasteiger partial charge in [-0.1, -0.05) is 23.2 Å². The lowest BCUT2D eigenvalue weighted by Gasteiger charge is -2.05. The molecule has 1 aromatic heterocycles. The Morgan fingerprint density at radius 3 is 2.59 bits per heavy atom. The van der Waals surface area contributed by atoms with Crippen LogP contribution in [-0.4, -0.2) is 4.98 Å². The number of nitrogens with two attached hydrogens (primary N) is 1. The van der Waals surface area contributed by atoms with Crippen molar-refractivity contribution < 1.29 is 0 Å². The highest BCUT2D eigenvalue weighted by molar-refractivity contribution is 7.98. The highest BCUT2D eigenvalue weighted by Gasteiger charge is 2.02. The van der Waals surface area contributed by atoms with E-state index >= 15 is 0 Å². The number of hydrogen-bond donors (Lipinski definition) is 1. The Morgan fingerprint density at radius 1 is 1.12 bits per heavy atom. The molecule has 0 radical (unpaired) electrons. The fraction of sp³-hybridized carbons (Fsp3) is 0.0833. The van der Waals surface area contributed by atoms with Gasteiger partial charge in [-0.3, -0.25) is 4.98 Å². The first-order chi connectivity index (χ1) is 8.15. The number of halogens is 2. The molecule has 0 saturated carbocycles. The zero-order valence-corrected chi connectivity index (χ0v) is 11.2. The van der Waals surface area contributed by atoms with E-state index < -0.39 is 0 Å². The molecule has 2 nitrogen and oxygen atoms in total. The molecule has 0 atom stereocenters. The highest BCUT2D eigenvalue weighted by Crippen LogP contribution is 2.30. The molecule has 0 saturated heterocycles. The molecule has 17 heavy (non-hydrogen) atoms. The average Bonchev–Trinajstić information content (AvgIpc) is 2.28. The predicted octanol–water partition coefficient (Wildman–Crippen LogP) is 4.26. The van der Waals surface area contributed by atoms with Gasteiger partial charge in [0.1, 0.15) is 0 Å². The smallest absolute Gasteiger partial charge is 0.0521 e. The van der Waals surface area contributed by atoms with Crippen LogP contribution in [0.2, 0.25) is 10.0 Å². The van der Waals surface area contributed by atoms with Crippen LogP contribution in [0.25, 0.3) is 0 Å². The fourth-order valence-corrected chi connectivity index (χ4v) is 2.54. The van der Waals surface area contributed by atoms with Gasteiger partial charge in [-0.2, -0.15) is 0 Å². The first-order valence-corrected chi connectivity index (χ1v) is 6.67. The van der Waals surface area contributed by atoms with Crippen LogP contribution in [0, 0.1) is 0 Å². The Balaban J connectivity index is 2.07. The van der Waals surface area contributed by atoms with E-state index in [1.165, 1.54) is 0 Å². The van der Waals surface area contributed by atoms with Gasteiger partial charge >= 0.3 is 0 Å². The van der Waals surface area contributed by atoms with Crippen LogP contribution >= 0.6 is 35.0 Å². The summed E-state index contributed by atoms with van der Waals surface area (Å²) in [5, 5.41) is 1.34. The number of rotatable bonds is 3. The van der Waals surface area contributed by atoms with E-state index in [2.05, 4.69) is 4.98 Å². The fourth-order valence-electron chi connectivity index (χ4n) is 1.33. The molecule has 0 spiro atoms. The zero-order valence-electron chi connectivity index (χ0n) is 8.86. The maximum absolute atomic E-state index is 5.89. The molecule has 0 bridgehead atoms. The summed E-state index contributed by atoms with van der Waals surface area (Å²) in [5.74, 6) is 0.729. The largest absolute Gasteiger partial charge is 0.398 e. The predicted molar refractivity (Wildman–Crippen MR) is 74.7 cm³/mol. The van der Waals surface area contributed by atoms with Crippen molar-refractivity contribution in [2.45, 2.75) is 10.6 Å². The summed E-state index contributed by atoms with van der Waals surface area (Å²) in [4.78, 5) is 5.23. The van der Waals surface area contributed by atoms with Gasteiger partial charge in [-0.25, -0.2) is 0 Å². The molecule has 5 heteroatoms. The molecule has 0 aliphatic carbocycles. The second kappa shape index (κ2) is 5.63. The van der Waals surface area contributed by atoms with Crippen LogP contribution in [0.3, 0.4) is 0 Å². The summed E-state index contributed by atoms with van der Waals surface area (Å²) in [7, 11) is 0. The number of benzene rings is 1. The number of nitrogen functional groups attached to an aromatic ring is 1. The topological polar surface area (TPSA) is 38.9 Å². The third kappa shape index (κ3) is 3.53. The quantitative estimate of drug-likeness (QED) is 0.676. The Kier molecular flexibility index (Phi) is 4.15. The van der Waals surface area contributed by atoms with E-state index in [0.29, 0.717) is 15.7 Å². The van der Waals surface area contributed by atoms with Crippen LogP contribution < -0.4 is 5.73 Å². The van der Waals surface area contributed by atoms with E-state index in [4.69, 9.17) is 28.9 Å². The Morgan fingerprint density at radius 2 is 1.88 bits per heavy atom. The number of pyridine rings is 1. The number of hydrogen-bond acceptors (Lipinski definition) is 3.